The molecule has 0 fully saturated rings. The summed E-state index contributed by atoms with van der Waals surface area (Å²) in [6.45, 7) is 2.53. The van der Waals surface area contributed by atoms with Crippen LogP contribution in [0.4, 0.5) is 0 Å². The van der Waals surface area contributed by atoms with Crippen LogP contribution in [0.3, 0.4) is 0 Å². The molecule has 0 radical (unpaired) electrons. The first-order valence-electron chi connectivity index (χ1n) is 4.18. The van der Waals surface area contributed by atoms with Crippen LogP contribution < -0.4 is 5.73 Å². The molecule has 1 aromatic rings. The molecule has 0 aliphatic heterocycles. The van der Waals surface area contributed by atoms with Crippen LogP contribution in [0.15, 0.2) is 10.7 Å². The van der Waals surface area contributed by atoms with E-state index in [-0.39, 0.29) is 5.92 Å². The van der Waals surface area contributed by atoms with E-state index in [4.69, 9.17) is 5.73 Å². The lowest BCUT2D eigenvalue weighted by Gasteiger charge is -2.18. The van der Waals surface area contributed by atoms with Gasteiger partial charge in [-0.3, -0.25) is 0 Å². The third kappa shape index (κ3) is 2.49. The lowest BCUT2D eigenvalue weighted by molar-refractivity contribution is 0.113. The quantitative estimate of drug-likeness (QED) is 0.874. The number of nitrogens with two attached hydrogens (primary N) is 1. The zero-order chi connectivity index (χ0) is 9.84. The van der Waals surface area contributed by atoms with Crippen molar-refractivity contribution in [1.82, 2.24) is 4.37 Å². The summed E-state index contributed by atoms with van der Waals surface area (Å²) in [5.41, 5.74) is 5.55. The first kappa shape index (κ1) is 11.1. The molecule has 0 amide bonds. The van der Waals surface area contributed by atoms with E-state index in [1.807, 2.05) is 6.92 Å². The Bertz CT molecular complexity index is 262. The minimum Gasteiger partial charge on any atom is -0.387 e. The fourth-order valence-electron chi connectivity index (χ4n) is 1.16. The highest BCUT2D eigenvalue weighted by Crippen LogP contribution is 2.32. The summed E-state index contributed by atoms with van der Waals surface area (Å²) >= 11 is 4.65. The Kier molecular flexibility index (Phi) is 4.31. The third-order valence-electron chi connectivity index (χ3n) is 2.09. The van der Waals surface area contributed by atoms with Gasteiger partial charge in [0.15, 0.2) is 0 Å². The summed E-state index contributed by atoms with van der Waals surface area (Å²) in [7, 11) is 0. The maximum absolute atomic E-state index is 9.91. The fourth-order valence-corrected chi connectivity index (χ4v) is 2.57. The molecule has 3 N–H and O–H groups in total. The van der Waals surface area contributed by atoms with Gasteiger partial charge in [0.05, 0.1) is 21.7 Å². The monoisotopic (exact) mass is 264 g/mol. The summed E-state index contributed by atoms with van der Waals surface area (Å²) < 4.78 is 4.86. The molecule has 13 heavy (non-hydrogen) atoms. The molecular formula is C8H13BrN2OS. The number of aromatic nitrogens is 1. The van der Waals surface area contributed by atoms with Crippen LogP contribution in [0.2, 0.25) is 0 Å². The average molecular weight is 265 g/mol. The maximum Gasteiger partial charge on any atom is 0.0949 e. The van der Waals surface area contributed by atoms with Crippen molar-refractivity contribution in [3.63, 3.8) is 0 Å². The number of rotatable bonds is 4. The predicted octanol–water partition coefficient (Wildman–Crippen LogP) is 1.92. The van der Waals surface area contributed by atoms with Crippen LogP contribution in [0.25, 0.3) is 0 Å². The van der Waals surface area contributed by atoms with E-state index in [1.165, 1.54) is 11.5 Å². The molecule has 0 aliphatic rings. The number of halogens is 1. The molecule has 3 nitrogen and oxygen atoms in total. The van der Waals surface area contributed by atoms with Crippen molar-refractivity contribution in [1.29, 1.82) is 0 Å². The minimum absolute atomic E-state index is 0.122. The summed E-state index contributed by atoms with van der Waals surface area (Å²) in [6.07, 6.45) is 2.09. The van der Waals surface area contributed by atoms with Crippen LogP contribution in [0.5, 0.6) is 0 Å². The van der Waals surface area contributed by atoms with Gasteiger partial charge in [0.25, 0.3) is 0 Å². The van der Waals surface area contributed by atoms with Gasteiger partial charge >= 0.3 is 0 Å². The molecule has 2 atom stereocenters. The Balaban J connectivity index is 2.77. The average Bonchev–Trinajstić information content (AvgIpc) is 2.53. The maximum atomic E-state index is 9.91. The van der Waals surface area contributed by atoms with Gasteiger partial charge in [0.1, 0.15) is 0 Å². The van der Waals surface area contributed by atoms with E-state index in [0.29, 0.717) is 6.54 Å². The van der Waals surface area contributed by atoms with Crippen molar-refractivity contribution in [3.8, 4) is 0 Å². The SMILES string of the molecule is CCC(CN)C(O)c1sncc1Br. The topological polar surface area (TPSA) is 59.1 Å². The van der Waals surface area contributed by atoms with Crippen molar-refractivity contribution >= 4 is 27.5 Å². The molecule has 1 heterocycles. The van der Waals surface area contributed by atoms with Crippen LogP contribution >= 0.6 is 27.5 Å². The third-order valence-corrected chi connectivity index (χ3v) is 3.86. The number of nitrogens with zero attached hydrogens (tertiary/aromatic N) is 1. The molecule has 74 valence electrons. The van der Waals surface area contributed by atoms with Crippen molar-refractivity contribution in [3.05, 3.63) is 15.5 Å². The number of aliphatic hydroxyl groups is 1. The predicted molar refractivity (Wildman–Crippen MR) is 57.6 cm³/mol. The molecule has 1 rings (SSSR count). The van der Waals surface area contributed by atoms with Gasteiger partial charge in [-0.1, -0.05) is 6.92 Å². The number of hydrogen-bond acceptors (Lipinski definition) is 4. The van der Waals surface area contributed by atoms with Crippen LogP contribution in [-0.4, -0.2) is 16.0 Å². The van der Waals surface area contributed by atoms with Gasteiger partial charge in [0.2, 0.25) is 0 Å². The minimum atomic E-state index is -0.489. The lowest BCUT2D eigenvalue weighted by atomic mass is 9.99. The van der Waals surface area contributed by atoms with E-state index in [2.05, 4.69) is 20.3 Å². The van der Waals surface area contributed by atoms with Crippen LogP contribution in [-0.2, 0) is 0 Å². The largest absolute Gasteiger partial charge is 0.387 e. The molecule has 1 aromatic heterocycles. The van der Waals surface area contributed by atoms with E-state index in [1.54, 1.807) is 6.20 Å². The van der Waals surface area contributed by atoms with Gasteiger partial charge in [-0.25, -0.2) is 0 Å². The van der Waals surface area contributed by atoms with Gasteiger partial charge in [-0.2, -0.15) is 4.37 Å². The first-order valence-corrected chi connectivity index (χ1v) is 5.75. The highest BCUT2D eigenvalue weighted by atomic mass is 79.9. The second-order valence-electron chi connectivity index (χ2n) is 2.89. The Morgan fingerprint density at radius 3 is 2.85 bits per heavy atom. The van der Waals surface area contributed by atoms with Gasteiger partial charge < -0.3 is 10.8 Å². The van der Waals surface area contributed by atoms with Crippen molar-refractivity contribution in [2.45, 2.75) is 19.4 Å². The number of hydrogen-bond donors (Lipinski definition) is 2. The summed E-state index contributed by atoms with van der Waals surface area (Å²) in [5.74, 6) is 0.122. The van der Waals surface area contributed by atoms with Crippen molar-refractivity contribution in [2.75, 3.05) is 6.54 Å². The number of aliphatic hydroxyl groups excluding tert-OH is 1. The summed E-state index contributed by atoms with van der Waals surface area (Å²) in [4.78, 5) is 0.873. The van der Waals surface area contributed by atoms with Gasteiger partial charge in [-0.15, -0.1) is 0 Å². The second kappa shape index (κ2) is 5.05. The summed E-state index contributed by atoms with van der Waals surface area (Å²) in [5, 5.41) is 9.91. The highest BCUT2D eigenvalue weighted by Gasteiger charge is 2.21. The smallest absolute Gasteiger partial charge is 0.0949 e. The van der Waals surface area contributed by atoms with Crippen LogP contribution in [0, 0.1) is 5.92 Å². The lowest BCUT2D eigenvalue weighted by Crippen LogP contribution is -2.20. The standard InChI is InChI=1S/C8H13BrN2OS/c1-2-5(3-10)7(12)8-6(9)4-11-13-8/h4-5,7,12H,2-3,10H2,1H3. The fraction of sp³-hybridized carbons (Fsp3) is 0.625. The Morgan fingerprint density at radius 1 is 1.77 bits per heavy atom. The molecule has 0 saturated carbocycles. The molecule has 5 heteroatoms. The van der Waals surface area contributed by atoms with Gasteiger partial charge in [0, 0.05) is 5.92 Å². The van der Waals surface area contributed by atoms with Gasteiger partial charge in [-0.05, 0) is 40.4 Å². The van der Waals surface area contributed by atoms with E-state index >= 15 is 0 Å². The molecule has 0 aromatic carbocycles. The second-order valence-corrected chi connectivity index (χ2v) is 4.57. The Labute approximate surface area is 90.3 Å². The molecule has 0 aliphatic carbocycles. The van der Waals surface area contributed by atoms with Crippen LogP contribution in [0.1, 0.15) is 24.3 Å². The van der Waals surface area contributed by atoms with E-state index in [0.717, 1.165) is 15.8 Å². The zero-order valence-electron chi connectivity index (χ0n) is 7.40. The zero-order valence-corrected chi connectivity index (χ0v) is 9.81. The normalized spacial score (nSPS) is 15.7. The van der Waals surface area contributed by atoms with E-state index < -0.39 is 6.10 Å². The molecule has 0 saturated heterocycles. The molecule has 2 unspecified atom stereocenters. The first-order chi connectivity index (χ1) is 6.20. The molecular weight excluding hydrogens is 252 g/mol. The van der Waals surface area contributed by atoms with E-state index in [9.17, 15) is 5.11 Å². The molecule has 0 spiro atoms. The molecule has 0 bridgehead atoms. The highest BCUT2D eigenvalue weighted by molar-refractivity contribution is 9.10. The Hall–Kier alpha value is 0.0300. The Morgan fingerprint density at radius 2 is 2.46 bits per heavy atom. The summed E-state index contributed by atoms with van der Waals surface area (Å²) in [6, 6.07) is 0. The van der Waals surface area contributed by atoms with Crippen molar-refractivity contribution in [2.24, 2.45) is 11.7 Å². The van der Waals surface area contributed by atoms with Crippen molar-refractivity contribution < 1.29 is 5.11 Å².